The molecule has 0 bridgehead atoms. The van der Waals surface area contributed by atoms with Gasteiger partial charge in [0, 0.05) is 5.41 Å². The van der Waals surface area contributed by atoms with Gasteiger partial charge in [0.2, 0.25) is 0 Å². The third-order valence-electron chi connectivity index (χ3n) is 12.2. The van der Waals surface area contributed by atoms with Crippen LogP contribution in [-0.2, 0) is 5.41 Å². The summed E-state index contributed by atoms with van der Waals surface area (Å²) >= 11 is 0. The molecule has 0 atom stereocenters. The maximum absolute atomic E-state index is 2.39. The number of hydrogen-bond donors (Lipinski definition) is 0. The van der Waals surface area contributed by atoms with E-state index in [1.807, 2.05) is 0 Å². The van der Waals surface area contributed by atoms with Crippen LogP contribution in [0, 0.1) is 0 Å². The van der Waals surface area contributed by atoms with Crippen molar-refractivity contribution < 1.29 is 0 Å². The van der Waals surface area contributed by atoms with Crippen LogP contribution in [0.4, 0.5) is 0 Å². The summed E-state index contributed by atoms with van der Waals surface area (Å²) in [4.78, 5) is 0. The summed E-state index contributed by atoms with van der Waals surface area (Å²) < 4.78 is 0. The van der Waals surface area contributed by atoms with Crippen LogP contribution in [-0.4, -0.2) is 0 Å². The van der Waals surface area contributed by atoms with Gasteiger partial charge in [0.25, 0.3) is 0 Å². The molecule has 10 aromatic carbocycles. The maximum Gasteiger partial charge on any atom is 0.0165 e. The van der Waals surface area contributed by atoms with Crippen molar-refractivity contribution in [2.45, 2.75) is 19.3 Å². The first-order valence-corrected chi connectivity index (χ1v) is 19.3. The Hall–Kier alpha value is -6.76. The van der Waals surface area contributed by atoms with E-state index in [0.717, 1.165) is 0 Å². The van der Waals surface area contributed by atoms with Crippen molar-refractivity contribution in [3.63, 3.8) is 0 Å². The molecule has 0 spiro atoms. The van der Waals surface area contributed by atoms with Gasteiger partial charge in [-0.3, -0.25) is 0 Å². The van der Waals surface area contributed by atoms with Crippen molar-refractivity contribution in [3.05, 3.63) is 205 Å². The Morgan fingerprint density at radius 3 is 1.38 bits per heavy atom. The molecule has 1 aliphatic carbocycles. The second-order valence-electron chi connectivity index (χ2n) is 15.6. The van der Waals surface area contributed by atoms with Gasteiger partial charge >= 0.3 is 0 Å². The van der Waals surface area contributed by atoms with E-state index in [0.29, 0.717) is 0 Å². The highest BCUT2D eigenvalue weighted by Crippen LogP contribution is 2.54. The molecule has 0 nitrogen and oxygen atoms in total. The smallest absolute Gasteiger partial charge is 0.0165 e. The van der Waals surface area contributed by atoms with E-state index in [1.165, 1.54) is 110 Å². The van der Waals surface area contributed by atoms with Gasteiger partial charge in [0.05, 0.1) is 0 Å². The molecular formula is C55H38. The normalized spacial score (nSPS) is 13.1. The summed E-state index contributed by atoms with van der Waals surface area (Å²) in [7, 11) is 0. The van der Waals surface area contributed by atoms with Crippen molar-refractivity contribution >= 4 is 43.1 Å². The minimum atomic E-state index is -0.0855. The topological polar surface area (TPSA) is 0 Å². The van der Waals surface area contributed by atoms with Crippen LogP contribution >= 0.6 is 0 Å². The average Bonchev–Trinajstić information content (AvgIpc) is 3.49. The molecule has 10 aromatic rings. The van der Waals surface area contributed by atoms with Gasteiger partial charge in [-0.2, -0.15) is 0 Å². The summed E-state index contributed by atoms with van der Waals surface area (Å²) in [5.74, 6) is 0. The van der Waals surface area contributed by atoms with E-state index in [1.54, 1.807) is 0 Å². The Morgan fingerprint density at radius 2 is 0.764 bits per heavy atom. The van der Waals surface area contributed by atoms with Crippen molar-refractivity contribution in [1.29, 1.82) is 0 Å². The minimum Gasteiger partial charge on any atom is -0.0616 e. The van der Waals surface area contributed by atoms with Crippen LogP contribution in [0.1, 0.15) is 25.0 Å². The number of hydrogen-bond acceptors (Lipinski definition) is 0. The predicted octanol–water partition coefficient (Wildman–Crippen LogP) is 15.3. The molecule has 258 valence electrons. The quantitative estimate of drug-likeness (QED) is 0.161. The molecule has 0 saturated heterocycles. The zero-order valence-corrected chi connectivity index (χ0v) is 31.0. The van der Waals surface area contributed by atoms with E-state index in [9.17, 15) is 0 Å². The van der Waals surface area contributed by atoms with E-state index in [-0.39, 0.29) is 5.41 Å². The SMILES string of the molecule is CC1(C)c2cccc(-c3ccc(-c4c5ccccc5c(-c5ccc(-c6ccc7ccccc7c6)cc5)c5ccccc45)cc3)c2-c2ccc3ccccc3c21. The highest BCUT2D eigenvalue weighted by atomic mass is 14.4. The van der Waals surface area contributed by atoms with Crippen LogP contribution in [0.5, 0.6) is 0 Å². The fourth-order valence-electron chi connectivity index (χ4n) is 9.66. The standard InChI is InChI=1S/C55H38/c1-55(2)50-21-11-20-43(53(50)49-33-32-37-13-5-6-15-44(37)54(49)55)38-25-29-40(30-26-38)52-47-18-9-7-16-45(47)51(46-17-8-10-19-48(46)52)39-27-22-36(23-28-39)42-31-24-35-12-3-4-14-41(35)34-42/h3-34H,1-2H3. The van der Waals surface area contributed by atoms with Gasteiger partial charge in [-0.05, 0) is 116 Å². The van der Waals surface area contributed by atoms with Gasteiger partial charge in [-0.25, -0.2) is 0 Å². The van der Waals surface area contributed by atoms with Crippen molar-refractivity contribution in [2.75, 3.05) is 0 Å². The lowest BCUT2D eigenvalue weighted by Gasteiger charge is -2.23. The zero-order valence-electron chi connectivity index (χ0n) is 31.0. The van der Waals surface area contributed by atoms with E-state index < -0.39 is 0 Å². The largest absolute Gasteiger partial charge is 0.0616 e. The number of benzene rings is 10. The second-order valence-corrected chi connectivity index (χ2v) is 15.6. The van der Waals surface area contributed by atoms with Crippen molar-refractivity contribution in [3.8, 4) is 55.6 Å². The molecule has 11 rings (SSSR count). The lowest BCUT2D eigenvalue weighted by molar-refractivity contribution is 0.666. The number of fused-ring (bicyclic) bond motifs is 8. The van der Waals surface area contributed by atoms with Gasteiger partial charge in [-0.15, -0.1) is 0 Å². The number of rotatable bonds is 4. The monoisotopic (exact) mass is 698 g/mol. The average molecular weight is 699 g/mol. The van der Waals surface area contributed by atoms with E-state index >= 15 is 0 Å². The Morgan fingerprint density at radius 1 is 0.291 bits per heavy atom. The Bertz CT molecular complexity index is 3080. The fraction of sp³-hybridized carbons (Fsp3) is 0.0545. The molecule has 0 N–H and O–H groups in total. The molecule has 0 fully saturated rings. The fourth-order valence-corrected chi connectivity index (χ4v) is 9.66. The molecule has 0 amide bonds. The highest BCUT2D eigenvalue weighted by molar-refractivity contribution is 6.21. The molecule has 0 unspecified atom stereocenters. The highest BCUT2D eigenvalue weighted by Gasteiger charge is 2.38. The molecule has 0 saturated carbocycles. The van der Waals surface area contributed by atoms with Crippen LogP contribution in [0.25, 0.3) is 98.7 Å². The van der Waals surface area contributed by atoms with E-state index in [2.05, 4.69) is 208 Å². The Kier molecular flexibility index (Phi) is 7.00. The molecule has 0 heteroatoms. The summed E-state index contributed by atoms with van der Waals surface area (Å²) in [6.45, 7) is 4.77. The summed E-state index contributed by atoms with van der Waals surface area (Å²) in [6.07, 6.45) is 0. The summed E-state index contributed by atoms with van der Waals surface area (Å²) in [6, 6.07) is 72.0. The summed E-state index contributed by atoms with van der Waals surface area (Å²) in [5.41, 5.74) is 15.5. The lowest BCUT2D eigenvalue weighted by Crippen LogP contribution is -2.15. The van der Waals surface area contributed by atoms with Crippen LogP contribution in [0.3, 0.4) is 0 Å². The second kappa shape index (κ2) is 12.1. The van der Waals surface area contributed by atoms with Gasteiger partial charge in [-0.1, -0.05) is 202 Å². The third kappa shape index (κ3) is 4.85. The molecule has 0 aromatic heterocycles. The van der Waals surface area contributed by atoms with Gasteiger partial charge in [0.1, 0.15) is 0 Å². The van der Waals surface area contributed by atoms with Gasteiger partial charge < -0.3 is 0 Å². The first-order valence-electron chi connectivity index (χ1n) is 19.3. The molecular weight excluding hydrogens is 661 g/mol. The van der Waals surface area contributed by atoms with Crippen molar-refractivity contribution in [2.24, 2.45) is 0 Å². The molecule has 55 heavy (non-hydrogen) atoms. The van der Waals surface area contributed by atoms with Crippen LogP contribution in [0.15, 0.2) is 194 Å². The first-order chi connectivity index (χ1) is 27.0. The molecule has 0 radical (unpaired) electrons. The van der Waals surface area contributed by atoms with Crippen molar-refractivity contribution in [1.82, 2.24) is 0 Å². The molecule has 1 aliphatic rings. The Labute approximate surface area is 322 Å². The first kappa shape index (κ1) is 31.7. The van der Waals surface area contributed by atoms with E-state index in [4.69, 9.17) is 0 Å². The maximum atomic E-state index is 2.39. The predicted molar refractivity (Wildman–Crippen MR) is 236 cm³/mol. The minimum absolute atomic E-state index is 0.0855. The summed E-state index contributed by atoms with van der Waals surface area (Å²) in [5, 5.41) is 10.3. The van der Waals surface area contributed by atoms with Gasteiger partial charge in [0.15, 0.2) is 0 Å². The van der Waals surface area contributed by atoms with Crippen LogP contribution in [0.2, 0.25) is 0 Å². The van der Waals surface area contributed by atoms with Crippen LogP contribution < -0.4 is 0 Å². The Balaban J connectivity index is 1.03. The third-order valence-corrected chi connectivity index (χ3v) is 12.2. The lowest BCUT2D eigenvalue weighted by atomic mass is 9.80. The molecule has 0 aliphatic heterocycles. The molecule has 0 heterocycles. The zero-order chi connectivity index (χ0) is 36.7.